The first-order valence-electron chi connectivity index (χ1n) is 10.4. The minimum absolute atomic E-state index is 0.216. The van der Waals surface area contributed by atoms with Gasteiger partial charge < -0.3 is 20.5 Å². The number of methoxy groups -OCH3 is 1. The second kappa shape index (κ2) is 9.16. The third-order valence-corrected chi connectivity index (χ3v) is 5.93. The van der Waals surface area contributed by atoms with E-state index in [-0.39, 0.29) is 12.5 Å². The molecule has 0 saturated carbocycles. The topological polar surface area (TPSA) is 130 Å². The van der Waals surface area contributed by atoms with Crippen LogP contribution >= 0.6 is 0 Å². The number of nitrogens with one attached hydrogen (secondary N) is 3. The average Bonchev–Trinajstić information content (AvgIpc) is 2.82. The Balaban J connectivity index is 1.97. The van der Waals surface area contributed by atoms with Crippen molar-refractivity contribution in [2.24, 2.45) is 0 Å². The molecule has 9 nitrogen and oxygen atoms in total. The third kappa shape index (κ3) is 4.45. The summed E-state index contributed by atoms with van der Waals surface area (Å²) in [7, 11) is -0.410. The first-order chi connectivity index (χ1) is 16.3. The Bertz CT molecular complexity index is 1520. The average molecular weight is 481 g/mol. The van der Waals surface area contributed by atoms with Crippen molar-refractivity contribution >= 4 is 54.8 Å². The number of rotatable bonds is 7. The minimum Gasteiger partial charge on any atom is -0.494 e. The number of ether oxygens (including phenoxy) is 1. The number of aliphatic hydroxyl groups is 1. The lowest BCUT2D eigenvalue weighted by Gasteiger charge is -2.18. The van der Waals surface area contributed by atoms with Crippen LogP contribution in [0, 0.1) is 0 Å². The molecule has 4 aromatic rings. The van der Waals surface area contributed by atoms with E-state index in [1.165, 1.54) is 7.11 Å². The first kappa shape index (κ1) is 23.3. The van der Waals surface area contributed by atoms with Gasteiger partial charge in [0, 0.05) is 29.4 Å². The lowest BCUT2D eigenvalue weighted by molar-refractivity contribution is 0.0964. The van der Waals surface area contributed by atoms with E-state index < -0.39 is 10.0 Å². The van der Waals surface area contributed by atoms with Crippen LogP contribution in [0.2, 0.25) is 0 Å². The summed E-state index contributed by atoms with van der Waals surface area (Å²) < 4.78 is 31.2. The van der Waals surface area contributed by atoms with Gasteiger partial charge in [0.1, 0.15) is 5.75 Å². The van der Waals surface area contributed by atoms with Crippen LogP contribution in [0.3, 0.4) is 0 Å². The maximum Gasteiger partial charge on any atom is 0.253 e. The van der Waals surface area contributed by atoms with Crippen molar-refractivity contribution in [1.82, 2.24) is 10.3 Å². The molecule has 0 fully saturated rings. The molecule has 3 aromatic carbocycles. The van der Waals surface area contributed by atoms with Crippen molar-refractivity contribution in [3.8, 4) is 5.75 Å². The van der Waals surface area contributed by atoms with E-state index in [0.717, 1.165) is 11.6 Å². The number of aromatic nitrogens is 1. The molecule has 0 spiro atoms. The van der Waals surface area contributed by atoms with Crippen LogP contribution in [0.15, 0.2) is 54.6 Å². The van der Waals surface area contributed by atoms with Crippen LogP contribution in [0.4, 0.5) is 17.1 Å². The van der Waals surface area contributed by atoms with Gasteiger partial charge in [0.2, 0.25) is 10.0 Å². The fraction of sp³-hybridized carbons (Fsp3) is 0.167. The minimum atomic E-state index is -3.45. The molecule has 0 aliphatic carbocycles. The molecule has 10 heteroatoms. The molecule has 0 unspecified atom stereocenters. The van der Waals surface area contributed by atoms with Crippen LogP contribution in [-0.2, 0) is 16.6 Å². The Morgan fingerprint density at radius 1 is 1.06 bits per heavy atom. The predicted octanol–water partition coefficient (Wildman–Crippen LogP) is 3.36. The van der Waals surface area contributed by atoms with Crippen LogP contribution in [-0.4, -0.2) is 44.8 Å². The number of benzene rings is 3. The Morgan fingerprint density at radius 2 is 1.76 bits per heavy atom. The normalized spacial score (nSPS) is 11.4. The molecule has 1 amide bonds. The van der Waals surface area contributed by atoms with Gasteiger partial charge in [0.05, 0.1) is 53.6 Å². The number of hydrogen-bond donors (Lipinski definition) is 4. The molecule has 34 heavy (non-hydrogen) atoms. The van der Waals surface area contributed by atoms with E-state index in [0.29, 0.717) is 50.4 Å². The molecule has 4 N–H and O–H groups in total. The van der Waals surface area contributed by atoms with Gasteiger partial charge in [-0.2, -0.15) is 0 Å². The van der Waals surface area contributed by atoms with Gasteiger partial charge in [-0.3, -0.25) is 9.52 Å². The van der Waals surface area contributed by atoms with Crippen molar-refractivity contribution in [3.63, 3.8) is 0 Å². The number of pyridine rings is 1. The summed E-state index contributed by atoms with van der Waals surface area (Å²) in [4.78, 5) is 17.3. The zero-order valence-corrected chi connectivity index (χ0v) is 19.7. The van der Waals surface area contributed by atoms with Crippen molar-refractivity contribution in [1.29, 1.82) is 0 Å². The molecule has 0 atom stereocenters. The van der Waals surface area contributed by atoms with Crippen molar-refractivity contribution in [2.45, 2.75) is 6.61 Å². The highest BCUT2D eigenvalue weighted by Crippen LogP contribution is 2.38. The molecule has 0 radical (unpaired) electrons. The number of para-hydroxylation sites is 2. The van der Waals surface area contributed by atoms with Crippen LogP contribution < -0.4 is 20.1 Å². The molecule has 0 aliphatic heterocycles. The second-order valence-corrected chi connectivity index (χ2v) is 9.40. The van der Waals surface area contributed by atoms with Crippen molar-refractivity contribution < 1.29 is 23.1 Å². The van der Waals surface area contributed by atoms with Gasteiger partial charge in [0.25, 0.3) is 5.91 Å². The highest BCUT2D eigenvalue weighted by atomic mass is 32.2. The second-order valence-electron chi connectivity index (χ2n) is 7.65. The van der Waals surface area contributed by atoms with Crippen LogP contribution in [0.25, 0.3) is 21.8 Å². The quantitative estimate of drug-likeness (QED) is 0.299. The molecule has 176 valence electrons. The lowest BCUT2D eigenvalue weighted by atomic mass is 10.0. The standard InChI is InChI=1S/C24H24N4O5S/c1-25-24(30)18-9-5-8-17-22(16-7-4-6-14(13-29)21(16)27-23(17)18)26-19-11-10-15(12-20(19)33-2)28-34(3,31)32/h4-12,28-29H,13H2,1-3H3,(H,25,30)(H,26,27). The number of aliphatic hydroxyl groups excluding tert-OH is 1. The molecular weight excluding hydrogens is 456 g/mol. The summed E-state index contributed by atoms with van der Waals surface area (Å²) in [5.74, 6) is 0.131. The highest BCUT2D eigenvalue weighted by Gasteiger charge is 2.18. The maximum atomic E-state index is 12.5. The number of sulfonamides is 1. The summed E-state index contributed by atoms with van der Waals surface area (Å²) in [6.45, 7) is -0.216. The zero-order valence-electron chi connectivity index (χ0n) is 18.8. The molecule has 4 rings (SSSR count). The molecule has 1 heterocycles. The Morgan fingerprint density at radius 3 is 2.41 bits per heavy atom. The van der Waals surface area contributed by atoms with E-state index in [1.807, 2.05) is 18.2 Å². The highest BCUT2D eigenvalue weighted by molar-refractivity contribution is 7.92. The van der Waals surface area contributed by atoms with E-state index >= 15 is 0 Å². The van der Waals surface area contributed by atoms with E-state index in [4.69, 9.17) is 9.72 Å². The summed E-state index contributed by atoms with van der Waals surface area (Å²) >= 11 is 0. The summed E-state index contributed by atoms with van der Waals surface area (Å²) in [6.07, 6.45) is 1.07. The van der Waals surface area contributed by atoms with Gasteiger partial charge in [-0.05, 0) is 18.2 Å². The molecule has 0 saturated heterocycles. The van der Waals surface area contributed by atoms with Crippen LogP contribution in [0.5, 0.6) is 5.75 Å². The van der Waals surface area contributed by atoms with Gasteiger partial charge >= 0.3 is 0 Å². The van der Waals surface area contributed by atoms with E-state index in [9.17, 15) is 18.3 Å². The monoisotopic (exact) mass is 480 g/mol. The van der Waals surface area contributed by atoms with E-state index in [2.05, 4.69) is 15.4 Å². The molecule has 0 aliphatic rings. The third-order valence-electron chi connectivity index (χ3n) is 5.32. The molecular formula is C24H24N4O5S. The van der Waals surface area contributed by atoms with Gasteiger partial charge in [-0.25, -0.2) is 13.4 Å². The summed E-state index contributed by atoms with van der Waals surface area (Å²) in [5.41, 5.74) is 3.67. The largest absolute Gasteiger partial charge is 0.494 e. The first-order valence-corrected chi connectivity index (χ1v) is 12.2. The summed E-state index contributed by atoms with van der Waals surface area (Å²) in [6, 6.07) is 15.7. The fourth-order valence-electron chi connectivity index (χ4n) is 3.83. The number of fused-ring (bicyclic) bond motifs is 2. The zero-order chi connectivity index (χ0) is 24.5. The maximum absolute atomic E-state index is 12.5. The van der Waals surface area contributed by atoms with Crippen molar-refractivity contribution in [2.75, 3.05) is 30.5 Å². The predicted molar refractivity (Wildman–Crippen MR) is 133 cm³/mol. The number of anilines is 3. The smallest absolute Gasteiger partial charge is 0.253 e. The molecule has 1 aromatic heterocycles. The number of amides is 1. The molecule has 0 bridgehead atoms. The van der Waals surface area contributed by atoms with Crippen LogP contribution in [0.1, 0.15) is 15.9 Å². The number of carbonyl (C=O) groups excluding carboxylic acids is 1. The van der Waals surface area contributed by atoms with Gasteiger partial charge in [-0.15, -0.1) is 0 Å². The van der Waals surface area contributed by atoms with Crippen molar-refractivity contribution in [3.05, 3.63) is 65.7 Å². The van der Waals surface area contributed by atoms with E-state index in [1.54, 1.807) is 43.4 Å². The number of nitrogens with zero attached hydrogens (tertiary/aromatic N) is 1. The fourth-order valence-corrected chi connectivity index (χ4v) is 4.39. The summed E-state index contributed by atoms with van der Waals surface area (Å²) in [5, 5.41) is 17.4. The SMILES string of the molecule is CNC(=O)c1cccc2c(Nc3ccc(NS(C)(=O)=O)cc3OC)c3cccc(CO)c3nc12. The lowest BCUT2D eigenvalue weighted by Crippen LogP contribution is -2.18. The van der Waals surface area contributed by atoms with Gasteiger partial charge in [0.15, 0.2) is 0 Å². The Kier molecular flexibility index (Phi) is 6.27. The van der Waals surface area contributed by atoms with Gasteiger partial charge in [-0.1, -0.05) is 30.3 Å². The Hall–Kier alpha value is -3.89. The number of hydrogen-bond acceptors (Lipinski definition) is 7. The Labute approximate surface area is 196 Å². The number of carbonyl (C=O) groups is 1.